The van der Waals surface area contributed by atoms with E-state index in [1.54, 1.807) is 37.0 Å². The number of hydrogen-bond donors (Lipinski definition) is 1. The van der Waals surface area contributed by atoms with Gasteiger partial charge in [0.25, 0.3) is 12.3 Å². The molecule has 35 heavy (non-hydrogen) atoms. The third-order valence-electron chi connectivity index (χ3n) is 6.95. The van der Waals surface area contributed by atoms with Crippen molar-refractivity contribution in [3.05, 3.63) is 59.2 Å². The molecule has 1 N–H and O–H groups in total. The van der Waals surface area contributed by atoms with Crippen LogP contribution in [0.4, 0.5) is 8.78 Å². The van der Waals surface area contributed by atoms with Gasteiger partial charge in [0.15, 0.2) is 23.6 Å². The molecule has 3 aliphatic rings. The van der Waals surface area contributed by atoms with E-state index in [1.165, 1.54) is 0 Å². The number of carbonyl (C=O) groups is 1. The molecule has 2 aromatic carbocycles. The summed E-state index contributed by atoms with van der Waals surface area (Å²) in [6.45, 7) is 2.95. The second-order valence-electron chi connectivity index (χ2n) is 8.93. The normalized spacial score (nSPS) is 21.9. The zero-order valence-electron chi connectivity index (χ0n) is 19.8. The number of nitrogens with zero attached hydrogens (tertiary/aromatic N) is 3. The Morgan fingerprint density at radius 2 is 1.80 bits per heavy atom. The fraction of sp³-hybridized carbons (Fsp3) is 0.423. The second-order valence-corrected chi connectivity index (χ2v) is 8.93. The van der Waals surface area contributed by atoms with Crippen LogP contribution in [0.25, 0.3) is 0 Å². The number of benzene rings is 2. The van der Waals surface area contributed by atoms with Crippen molar-refractivity contribution in [1.29, 1.82) is 0 Å². The van der Waals surface area contributed by atoms with Gasteiger partial charge in [0.05, 0.1) is 14.2 Å². The second kappa shape index (κ2) is 9.73. The van der Waals surface area contributed by atoms with Gasteiger partial charge in [-0.05, 0) is 24.3 Å². The minimum atomic E-state index is -2.52. The summed E-state index contributed by atoms with van der Waals surface area (Å²) in [6, 6.07) is 11.4. The molecular formula is C26H29F2N4O3+. The molecule has 0 aliphatic carbocycles. The van der Waals surface area contributed by atoms with Crippen molar-refractivity contribution in [2.45, 2.75) is 31.4 Å². The molecule has 0 aromatic heterocycles. The monoisotopic (exact) mass is 483 g/mol. The maximum absolute atomic E-state index is 14.2. The molecule has 0 bridgehead atoms. The molecule has 2 aromatic rings. The first kappa shape index (κ1) is 23.4. The summed E-state index contributed by atoms with van der Waals surface area (Å²) in [5.74, 6) is 1.81. The Balaban J connectivity index is 1.40. The number of carbonyl (C=O) groups excluding carboxylic acids is 1. The Morgan fingerprint density at radius 3 is 2.46 bits per heavy atom. The van der Waals surface area contributed by atoms with Gasteiger partial charge >= 0.3 is 5.84 Å². The third kappa shape index (κ3) is 4.40. The van der Waals surface area contributed by atoms with Crippen LogP contribution in [0.15, 0.2) is 47.5 Å². The molecule has 2 unspecified atom stereocenters. The highest BCUT2D eigenvalue weighted by molar-refractivity contribution is 6.16. The number of alkyl halides is 2. The minimum absolute atomic E-state index is 0.0000944. The molecule has 1 fully saturated rings. The Labute approximate surface area is 203 Å². The molecule has 0 saturated carbocycles. The third-order valence-corrected chi connectivity index (χ3v) is 6.95. The molecule has 0 spiro atoms. The highest BCUT2D eigenvalue weighted by atomic mass is 19.3. The maximum atomic E-state index is 14.2. The molecule has 9 heteroatoms. The number of aliphatic imine (C=N–C) groups is 1. The van der Waals surface area contributed by atoms with Gasteiger partial charge in [-0.25, -0.2) is 13.4 Å². The van der Waals surface area contributed by atoms with Crippen LogP contribution in [0.1, 0.15) is 40.4 Å². The van der Waals surface area contributed by atoms with Crippen LogP contribution >= 0.6 is 0 Å². The lowest BCUT2D eigenvalue weighted by atomic mass is 9.90. The molecular weight excluding hydrogens is 454 g/mol. The van der Waals surface area contributed by atoms with Crippen molar-refractivity contribution < 1.29 is 27.6 Å². The van der Waals surface area contributed by atoms with E-state index < -0.39 is 12.5 Å². The molecule has 1 amide bonds. The summed E-state index contributed by atoms with van der Waals surface area (Å²) < 4.78 is 40.7. The topological polar surface area (TPSA) is 66.2 Å². The van der Waals surface area contributed by atoms with E-state index >= 15 is 0 Å². The lowest BCUT2D eigenvalue weighted by Crippen LogP contribution is -2.52. The van der Waals surface area contributed by atoms with Crippen LogP contribution in [-0.4, -0.2) is 79.8 Å². The number of methoxy groups -OCH3 is 2. The van der Waals surface area contributed by atoms with Crippen molar-refractivity contribution in [1.82, 2.24) is 10.2 Å². The average Bonchev–Trinajstić information content (AvgIpc) is 2.89. The number of fused-ring (bicyclic) bond motifs is 1. The van der Waals surface area contributed by atoms with E-state index in [0.29, 0.717) is 42.4 Å². The van der Waals surface area contributed by atoms with E-state index in [9.17, 15) is 13.6 Å². The number of rotatable bonds is 6. The Morgan fingerprint density at radius 1 is 1.09 bits per heavy atom. The molecule has 3 aliphatic heterocycles. The van der Waals surface area contributed by atoms with Crippen molar-refractivity contribution >= 4 is 17.5 Å². The highest BCUT2D eigenvalue weighted by Gasteiger charge is 2.48. The van der Waals surface area contributed by atoms with E-state index in [4.69, 9.17) is 14.5 Å². The number of amides is 1. The fourth-order valence-electron chi connectivity index (χ4n) is 5.03. The predicted octanol–water partition coefficient (Wildman–Crippen LogP) is 3.13. The van der Waals surface area contributed by atoms with Crippen LogP contribution in [0, 0.1) is 0 Å². The summed E-state index contributed by atoms with van der Waals surface area (Å²) in [5.41, 5.74) is 3.10. The van der Waals surface area contributed by atoms with E-state index in [-0.39, 0.29) is 18.4 Å². The first-order valence-electron chi connectivity index (χ1n) is 11.8. The molecule has 7 nitrogen and oxygen atoms in total. The molecule has 2 atom stereocenters. The van der Waals surface area contributed by atoms with Gasteiger partial charge in [0.1, 0.15) is 12.1 Å². The van der Waals surface area contributed by atoms with Crippen LogP contribution < -0.4 is 14.8 Å². The zero-order chi connectivity index (χ0) is 24.5. The maximum Gasteiger partial charge on any atom is 0.301 e. The standard InChI is InChI=1S/C26H29F2N4O3/c1-34-22-8-7-18(13-23(22)35-2)19-14-21(25(27)28)32-20(15-24(32)30-19)16-3-5-17(6-4-16)26(33)31-11-9-29-10-12-31/h3-8,13,19,21,25,29H,9-12,14-15H2,1-2H3/q+1. The molecule has 0 radical (unpaired) electrons. The van der Waals surface area contributed by atoms with Crippen molar-refractivity contribution in [3.63, 3.8) is 0 Å². The molecule has 1 saturated heterocycles. The highest BCUT2D eigenvalue weighted by Crippen LogP contribution is 2.38. The first-order valence-corrected chi connectivity index (χ1v) is 11.8. The van der Waals surface area contributed by atoms with Gasteiger partial charge in [-0.1, -0.05) is 23.2 Å². The number of piperazine rings is 1. The summed E-state index contributed by atoms with van der Waals surface area (Å²) in [4.78, 5) is 19.4. The lowest BCUT2D eigenvalue weighted by molar-refractivity contribution is -0.497. The Bertz CT molecular complexity index is 1170. The number of halogens is 2. The summed E-state index contributed by atoms with van der Waals surface area (Å²) >= 11 is 0. The summed E-state index contributed by atoms with van der Waals surface area (Å²) in [6.07, 6.45) is -1.82. The Kier molecular flexibility index (Phi) is 6.51. The smallest absolute Gasteiger partial charge is 0.301 e. The van der Waals surface area contributed by atoms with Crippen LogP contribution in [-0.2, 0) is 0 Å². The van der Waals surface area contributed by atoms with Crippen molar-refractivity contribution in [2.24, 2.45) is 4.99 Å². The van der Waals surface area contributed by atoms with Crippen molar-refractivity contribution in [3.8, 4) is 11.5 Å². The molecule has 5 rings (SSSR count). The average molecular weight is 484 g/mol. The SMILES string of the molecule is COc1ccc(C2CC(C(F)F)[N+]3=C(c4ccc(C(=O)N5CCNCC5)cc4)CC3=N2)cc1OC. The van der Waals surface area contributed by atoms with Crippen LogP contribution in [0.2, 0.25) is 0 Å². The zero-order valence-corrected chi connectivity index (χ0v) is 19.8. The van der Waals surface area contributed by atoms with Gasteiger partial charge in [0.2, 0.25) is 0 Å². The van der Waals surface area contributed by atoms with Gasteiger partial charge < -0.3 is 19.7 Å². The number of nitrogens with one attached hydrogen (secondary N) is 1. The van der Waals surface area contributed by atoms with E-state index in [0.717, 1.165) is 29.9 Å². The van der Waals surface area contributed by atoms with Gasteiger partial charge in [-0.15, -0.1) is 0 Å². The largest absolute Gasteiger partial charge is 0.493 e. The fourth-order valence-corrected chi connectivity index (χ4v) is 5.03. The van der Waals surface area contributed by atoms with E-state index in [2.05, 4.69) is 5.32 Å². The first-order chi connectivity index (χ1) is 17.0. The van der Waals surface area contributed by atoms with Crippen LogP contribution in [0.5, 0.6) is 11.5 Å². The Hall–Kier alpha value is -3.33. The van der Waals surface area contributed by atoms with Crippen molar-refractivity contribution in [2.75, 3.05) is 40.4 Å². The predicted molar refractivity (Wildman–Crippen MR) is 128 cm³/mol. The van der Waals surface area contributed by atoms with Gasteiger partial charge in [-0.2, -0.15) is 0 Å². The summed E-state index contributed by atoms with van der Waals surface area (Å²) in [5, 5.41) is 3.24. The van der Waals surface area contributed by atoms with Crippen LogP contribution in [0.3, 0.4) is 0 Å². The number of ether oxygens (including phenoxy) is 2. The summed E-state index contributed by atoms with van der Waals surface area (Å²) in [7, 11) is 3.11. The number of amidine groups is 1. The van der Waals surface area contributed by atoms with Gasteiger partial charge in [0, 0.05) is 49.3 Å². The molecule has 3 heterocycles. The van der Waals surface area contributed by atoms with E-state index in [1.807, 2.05) is 29.2 Å². The van der Waals surface area contributed by atoms with Gasteiger partial charge in [-0.3, -0.25) is 4.79 Å². The lowest BCUT2D eigenvalue weighted by Gasteiger charge is -2.32. The quantitative estimate of drug-likeness (QED) is 0.642. The minimum Gasteiger partial charge on any atom is -0.493 e. The number of hydrogen-bond acceptors (Lipinski definition) is 5. The molecule has 184 valence electrons.